The minimum absolute atomic E-state index is 0.0438. The van der Waals surface area contributed by atoms with Gasteiger partial charge in [0.05, 0.1) is 32.3 Å². The van der Waals surface area contributed by atoms with Crippen molar-refractivity contribution in [2.24, 2.45) is 5.10 Å². The van der Waals surface area contributed by atoms with Gasteiger partial charge in [0, 0.05) is 22.2 Å². The van der Waals surface area contributed by atoms with Gasteiger partial charge in [-0.1, -0.05) is 45.5 Å². The van der Waals surface area contributed by atoms with Gasteiger partial charge >= 0.3 is 0 Å². The molecule has 1 amide bonds. The van der Waals surface area contributed by atoms with Crippen LogP contribution in [0.2, 0.25) is 0 Å². The van der Waals surface area contributed by atoms with Gasteiger partial charge in [-0.25, -0.2) is 4.98 Å². The van der Waals surface area contributed by atoms with E-state index in [4.69, 9.17) is 4.42 Å². The van der Waals surface area contributed by atoms with Gasteiger partial charge in [0.15, 0.2) is 0 Å². The molecule has 0 unspecified atom stereocenters. The van der Waals surface area contributed by atoms with Gasteiger partial charge < -0.3 is 4.42 Å². The summed E-state index contributed by atoms with van der Waals surface area (Å²) < 4.78 is 7.16. The lowest BCUT2D eigenvalue weighted by Gasteiger charge is -2.13. The van der Waals surface area contributed by atoms with Gasteiger partial charge in [-0.3, -0.25) is 19.7 Å². The van der Waals surface area contributed by atoms with E-state index in [1.165, 1.54) is 48.1 Å². The average Bonchev–Trinajstić information content (AvgIpc) is 3.28. The lowest BCUT2D eigenvalue weighted by atomic mass is 10.2. The molecule has 9 nitrogen and oxygen atoms in total. The number of benzene rings is 3. The minimum Gasteiger partial charge on any atom is -0.463 e. The van der Waals surface area contributed by atoms with Crippen molar-refractivity contribution in [3.8, 4) is 0 Å². The van der Waals surface area contributed by atoms with E-state index in [2.05, 4.69) is 26.0 Å². The number of hydrazone groups is 1. The van der Waals surface area contributed by atoms with Crippen LogP contribution < -0.4 is 10.4 Å². The number of rotatable bonds is 5. The number of hydrogen-bond donors (Lipinski definition) is 0. The molecule has 0 aliphatic heterocycles. The van der Waals surface area contributed by atoms with Crippen LogP contribution in [0.25, 0.3) is 21.2 Å². The molecular weight excluding hydrogens is 536 g/mol. The number of para-hydroxylation sites is 1. The van der Waals surface area contributed by atoms with Crippen LogP contribution in [-0.2, 0) is 0 Å². The Kier molecular flexibility index (Phi) is 5.93. The number of nitro groups is 1. The molecule has 3 aromatic carbocycles. The van der Waals surface area contributed by atoms with E-state index in [0.29, 0.717) is 16.5 Å². The average molecular weight is 549 g/mol. The molecule has 0 radical (unpaired) electrons. The summed E-state index contributed by atoms with van der Waals surface area (Å²) in [4.78, 5) is 41.4. The molecule has 11 heteroatoms. The normalized spacial score (nSPS) is 11.3. The number of non-ortho nitro benzene ring substituents is 1. The van der Waals surface area contributed by atoms with Crippen molar-refractivity contribution in [1.82, 2.24) is 4.98 Å². The van der Waals surface area contributed by atoms with E-state index < -0.39 is 10.8 Å². The fourth-order valence-electron chi connectivity index (χ4n) is 3.34. The predicted molar refractivity (Wildman–Crippen MR) is 137 cm³/mol. The van der Waals surface area contributed by atoms with Gasteiger partial charge in [0.2, 0.25) is 10.6 Å². The Hall–Kier alpha value is -4.22. The molecule has 0 spiro atoms. The summed E-state index contributed by atoms with van der Waals surface area (Å²) in [6, 6.07) is 17.6. The SMILES string of the molecule is O=C(c1cccc([N+](=O)[O-])c1)N(/N=C/c1coc2ccccc2c1=O)c1nc2ccc(Br)cc2s1. The third kappa shape index (κ3) is 4.46. The highest BCUT2D eigenvalue weighted by Crippen LogP contribution is 2.32. The van der Waals surface area contributed by atoms with E-state index in [9.17, 15) is 19.7 Å². The highest BCUT2D eigenvalue weighted by molar-refractivity contribution is 9.10. The zero-order valence-electron chi connectivity index (χ0n) is 17.6. The standard InChI is InChI=1S/C24H13BrN4O5S/c25-16-8-9-19-21(11-16)35-24(27-19)28(23(31)14-4-3-5-17(10-14)29(32)33)26-12-15-13-34-20-7-2-1-6-18(20)22(15)30/h1-13H/b26-12+. The Morgan fingerprint density at radius 3 is 2.80 bits per heavy atom. The lowest BCUT2D eigenvalue weighted by Crippen LogP contribution is -2.26. The van der Waals surface area contributed by atoms with Crippen LogP contribution in [0.4, 0.5) is 10.8 Å². The fourth-order valence-corrected chi connectivity index (χ4v) is 4.82. The molecule has 2 aromatic heterocycles. The van der Waals surface area contributed by atoms with Crippen LogP contribution in [0.5, 0.6) is 0 Å². The smallest absolute Gasteiger partial charge is 0.281 e. The first-order chi connectivity index (χ1) is 16.9. The van der Waals surface area contributed by atoms with Gasteiger partial charge in [-0.2, -0.15) is 10.1 Å². The van der Waals surface area contributed by atoms with Crippen LogP contribution in [-0.4, -0.2) is 22.0 Å². The number of carbonyl (C=O) groups is 1. The molecule has 172 valence electrons. The summed E-state index contributed by atoms with van der Waals surface area (Å²) in [5.74, 6) is -0.645. The van der Waals surface area contributed by atoms with Crippen molar-refractivity contribution in [2.75, 3.05) is 5.01 Å². The molecule has 35 heavy (non-hydrogen) atoms. The maximum Gasteiger partial charge on any atom is 0.281 e. The quantitative estimate of drug-likeness (QED) is 0.156. The summed E-state index contributed by atoms with van der Waals surface area (Å²) in [7, 11) is 0. The van der Waals surface area contributed by atoms with E-state index >= 15 is 0 Å². The third-order valence-corrected chi connectivity index (χ3v) is 6.52. The number of amides is 1. The number of thiazole rings is 1. The molecule has 0 aliphatic rings. The number of hydrogen-bond acceptors (Lipinski definition) is 8. The maximum atomic E-state index is 13.4. The van der Waals surface area contributed by atoms with Crippen molar-refractivity contribution in [1.29, 1.82) is 0 Å². The summed E-state index contributed by atoms with van der Waals surface area (Å²) >= 11 is 4.62. The molecule has 0 N–H and O–H groups in total. The number of nitro benzene ring substituents is 1. The van der Waals surface area contributed by atoms with Crippen molar-refractivity contribution in [3.63, 3.8) is 0 Å². The van der Waals surface area contributed by atoms with Crippen LogP contribution in [0, 0.1) is 10.1 Å². The first kappa shape index (κ1) is 22.6. The number of carbonyl (C=O) groups excluding carboxylic acids is 1. The topological polar surface area (TPSA) is 119 Å². The zero-order valence-corrected chi connectivity index (χ0v) is 20.0. The number of anilines is 1. The van der Waals surface area contributed by atoms with Crippen molar-refractivity contribution in [3.05, 3.63) is 109 Å². The Labute approximate surface area is 209 Å². The Balaban J connectivity index is 1.61. The van der Waals surface area contributed by atoms with Gasteiger partial charge in [0.1, 0.15) is 11.8 Å². The molecule has 0 bridgehead atoms. The molecule has 0 saturated carbocycles. The first-order valence-electron chi connectivity index (χ1n) is 10.1. The Morgan fingerprint density at radius 1 is 1.14 bits per heavy atom. The lowest BCUT2D eigenvalue weighted by molar-refractivity contribution is -0.384. The Morgan fingerprint density at radius 2 is 1.97 bits per heavy atom. The number of fused-ring (bicyclic) bond motifs is 2. The van der Waals surface area contributed by atoms with Crippen molar-refractivity contribution < 1.29 is 14.1 Å². The molecule has 0 fully saturated rings. The number of nitrogens with zero attached hydrogens (tertiary/aromatic N) is 4. The molecular formula is C24H13BrN4O5S. The second kappa shape index (κ2) is 9.20. The predicted octanol–water partition coefficient (Wildman–Crippen LogP) is 5.75. The van der Waals surface area contributed by atoms with E-state index in [0.717, 1.165) is 14.2 Å². The molecule has 2 heterocycles. The number of aromatic nitrogens is 1. The maximum absolute atomic E-state index is 13.4. The van der Waals surface area contributed by atoms with Crippen LogP contribution in [0.1, 0.15) is 15.9 Å². The number of halogens is 1. The second-order valence-corrected chi connectivity index (χ2v) is 9.22. The zero-order chi connectivity index (χ0) is 24.5. The van der Waals surface area contributed by atoms with E-state index in [-0.39, 0.29) is 27.4 Å². The molecule has 0 aliphatic carbocycles. The third-order valence-electron chi connectivity index (χ3n) is 5.04. The second-order valence-electron chi connectivity index (χ2n) is 7.29. The minimum atomic E-state index is -0.645. The van der Waals surface area contributed by atoms with Crippen LogP contribution >= 0.6 is 27.3 Å². The van der Waals surface area contributed by atoms with Gasteiger partial charge in [-0.05, 0) is 36.4 Å². The summed E-state index contributed by atoms with van der Waals surface area (Å²) in [5.41, 5.74) is 0.697. The highest BCUT2D eigenvalue weighted by atomic mass is 79.9. The summed E-state index contributed by atoms with van der Waals surface area (Å²) in [5, 5.41) is 17.1. The highest BCUT2D eigenvalue weighted by Gasteiger charge is 2.23. The Bertz CT molecular complexity index is 1710. The van der Waals surface area contributed by atoms with Crippen molar-refractivity contribution >= 4 is 71.4 Å². The van der Waals surface area contributed by atoms with Crippen molar-refractivity contribution in [2.45, 2.75) is 0 Å². The molecule has 5 rings (SSSR count). The monoisotopic (exact) mass is 548 g/mol. The summed E-state index contributed by atoms with van der Waals surface area (Å²) in [6.45, 7) is 0. The van der Waals surface area contributed by atoms with E-state index in [1.54, 1.807) is 30.3 Å². The van der Waals surface area contributed by atoms with Gasteiger partial charge in [-0.15, -0.1) is 0 Å². The van der Waals surface area contributed by atoms with E-state index in [1.807, 2.05) is 12.1 Å². The van der Waals surface area contributed by atoms with Gasteiger partial charge in [0.25, 0.3) is 11.6 Å². The first-order valence-corrected chi connectivity index (χ1v) is 11.7. The molecule has 0 atom stereocenters. The van der Waals surface area contributed by atoms with Crippen LogP contribution in [0.3, 0.4) is 0 Å². The summed E-state index contributed by atoms with van der Waals surface area (Å²) in [6.07, 6.45) is 2.48. The van der Waals surface area contributed by atoms with Crippen LogP contribution in [0.15, 0.2) is 91.8 Å². The largest absolute Gasteiger partial charge is 0.463 e. The molecule has 0 saturated heterocycles. The molecule has 5 aromatic rings. The fraction of sp³-hybridized carbons (Fsp3) is 0.